The predicted octanol–water partition coefficient (Wildman–Crippen LogP) is 4.12. The second-order valence-corrected chi connectivity index (χ2v) is 7.01. The zero-order chi connectivity index (χ0) is 18.7. The van der Waals surface area contributed by atoms with E-state index in [2.05, 4.69) is 0 Å². The Kier molecular flexibility index (Phi) is 5.49. The molecule has 3 rings (SSSR count). The molecule has 1 saturated heterocycles. The number of thiocarbonyl (C=S) groups is 1. The van der Waals surface area contributed by atoms with Crippen molar-refractivity contribution in [3.05, 3.63) is 52.9 Å². The van der Waals surface area contributed by atoms with E-state index in [1.165, 1.54) is 16.7 Å². The molecule has 1 fully saturated rings. The summed E-state index contributed by atoms with van der Waals surface area (Å²) in [5.41, 5.74) is 1.45. The fourth-order valence-corrected chi connectivity index (χ4v) is 3.81. The third-order valence-corrected chi connectivity index (χ3v) is 5.12. The highest BCUT2D eigenvalue weighted by atomic mass is 32.2. The van der Waals surface area contributed by atoms with E-state index in [9.17, 15) is 4.79 Å². The molecular formula is C19H17NO4S2. The Labute approximate surface area is 161 Å². The van der Waals surface area contributed by atoms with Gasteiger partial charge in [-0.2, -0.15) is 0 Å². The maximum absolute atomic E-state index is 12.9. The van der Waals surface area contributed by atoms with Crippen LogP contribution in [0.4, 0.5) is 5.69 Å². The summed E-state index contributed by atoms with van der Waals surface area (Å²) in [6.07, 6.45) is 1.80. The van der Waals surface area contributed by atoms with Crippen LogP contribution < -0.4 is 19.1 Å². The van der Waals surface area contributed by atoms with Gasteiger partial charge in [-0.3, -0.25) is 9.69 Å². The lowest BCUT2D eigenvalue weighted by Crippen LogP contribution is -2.27. The zero-order valence-corrected chi connectivity index (χ0v) is 16.1. The topological polar surface area (TPSA) is 48.0 Å². The summed E-state index contributed by atoms with van der Waals surface area (Å²) >= 11 is 6.68. The van der Waals surface area contributed by atoms with Gasteiger partial charge in [0.2, 0.25) is 0 Å². The number of hydrogen-bond donors (Lipinski definition) is 0. The van der Waals surface area contributed by atoms with Crippen molar-refractivity contribution in [1.29, 1.82) is 0 Å². The van der Waals surface area contributed by atoms with Crippen LogP contribution in [0.1, 0.15) is 5.56 Å². The molecule has 0 aromatic heterocycles. The van der Waals surface area contributed by atoms with Crippen molar-refractivity contribution in [2.45, 2.75) is 0 Å². The molecule has 134 valence electrons. The summed E-state index contributed by atoms with van der Waals surface area (Å²) in [7, 11) is 4.72. The molecule has 0 bridgehead atoms. The van der Waals surface area contributed by atoms with Gasteiger partial charge < -0.3 is 14.2 Å². The van der Waals surface area contributed by atoms with Gasteiger partial charge in [0, 0.05) is 6.07 Å². The smallest absolute Gasteiger partial charge is 0.270 e. The van der Waals surface area contributed by atoms with Gasteiger partial charge in [-0.1, -0.05) is 36.1 Å². The van der Waals surface area contributed by atoms with E-state index in [1.54, 1.807) is 45.6 Å². The molecule has 7 heteroatoms. The second kappa shape index (κ2) is 7.80. The van der Waals surface area contributed by atoms with Gasteiger partial charge in [0.15, 0.2) is 4.32 Å². The summed E-state index contributed by atoms with van der Waals surface area (Å²) in [4.78, 5) is 14.9. The standard InChI is InChI=1S/C19H17NO4S2/c1-22-13-6-4-5-12(9-13)10-17-18(21)20(19(25)26-17)15-8-7-14(23-2)11-16(15)24-3/h4-11H,1-3H3. The van der Waals surface area contributed by atoms with Crippen LogP contribution in [0.15, 0.2) is 47.4 Å². The molecule has 26 heavy (non-hydrogen) atoms. The first-order valence-electron chi connectivity index (χ1n) is 7.71. The van der Waals surface area contributed by atoms with Crippen LogP contribution in [0.3, 0.4) is 0 Å². The summed E-state index contributed by atoms with van der Waals surface area (Å²) in [6, 6.07) is 12.7. The van der Waals surface area contributed by atoms with Gasteiger partial charge in [-0.25, -0.2) is 0 Å². The summed E-state index contributed by atoms with van der Waals surface area (Å²) in [5.74, 6) is 1.70. The molecular weight excluding hydrogens is 370 g/mol. The van der Waals surface area contributed by atoms with Gasteiger partial charge >= 0.3 is 0 Å². The minimum absolute atomic E-state index is 0.189. The van der Waals surface area contributed by atoms with Crippen LogP contribution in [0.5, 0.6) is 17.2 Å². The van der Waals surface area contributed by atoms with E-state index in [4.69, 9.17) is 26.4 Å². The third kappa shape index (κ3) is 3.54. The molecule has 1 aliphatic heterocycles. The van der Waals surface area contributed by atoms with E-state index >= 15 is 0 Å². The fraction of sp³-hybridized carbons (Fsp3) is 0.158. The largest absolute Gasteiger partial charge is 0.497 e. The fourth-order valence-electron chi connectivity index (χ4n) is 2.53. The number of thioether (sulfide) groups is 1. The molecule has 0 N–H and O–H groups in total. The van der Waals surface area contributed by atoms with E-state index in [0.29, 0.717) is 26.4 Å². The van der Waals surface area contributed by atoms with Crippen molar-refractivity contribution in [3.8, 4) is 17.2 Å². The number of carbonyl (C=O) groups excluding carboxylic acids is 1. The number of hydrogen-bond acceptors (Lipinski definition) is 6. The zero-order valence-electron chi connectivity index (χ0n) is 14.5. The highest BCUT2D eigenvalue weighted by Crippen LogP contribution is 2.41. The first-order valence-corrected chi connectivity index (χ1v) is 8.94. The van der Waals surface area contributed by atoms with Crippen molar-refractivity contribution in [1.82, 2.24) is 0 Å². The molecule has 0 unspecified atom stereocenters. The summed E-state index contributed by atoms with van der Waals surface area (Å²) < 4.78 is 16.3. The average molecular weight is 387 g/mol. The first kappa shape index (κ1) is 18.3. The molecule has 1 aliphatic rings. The monoisotopic (exact) mass is 387 g/mol. The summed E-state index contributed by atoms with van der Waals surface area (Å²) in [5, 5.41) is 0. The Morgan fingerprint density at radius 1 is 1.00 bits per heavy atom. The number of rotatable bonds is 5. The number of nitrogens with zero attached hydrogens (tertiary/aromatic N) is 1. The van der Waals surface area contributed by atoms with Crippen LogP contribution in [0.2, 0.25) is 0 Å². The molecule has 0 aliphatic carbocycles. The van der Waals surface area contributed by atoms with E-state index in [0.717, 1.165) is 11.3 Å². The van der Waals surface area contributed by atoms with Gasteiger partial charge in [-0.15, -0.1) is 0 Å². The van der Waals surface area contributed by atoms with Crippen LogP contribution in [0.25, 0.3) is 6.08 Å². The van der Waals surface area contributed by atoms with Crippen molar-refractivity contribution in [3.63, 3.8) is 0 Å². The van der Waals surface area contributed by atoms with E-state index in [-0.39, 0.29) is 5.91 Å². The van der Waals surface area contributed by atoms with Crippen LogP contribution in [-0.4, -0.2) is 31.6 Å². The summed E-state index contributed by atoms with van der Waals surface area (Å²) in [6.45, 7) is 0. The average Bonchev–Trinajstić information content (AvgIpc) is 2.94. The number of carbonyl (C=O) groups is 1. The van der Waals surface area contributed by atoms with Crippen LogP contribution >= 0.6 is 24.0 Å². The molecule has 0 radical (unpaired) electrons. The minimum Gasteiger partial charge on any atom is -0.497 e. The van der Waals surface area contributed by atoms with Gasteiger partial charge in [-0.05, 0) is 35.9 Å². The second-order valence-electron chi connectivity index (χ2n) is 5.33. The number of amides is 1. The number of benzene rings is 2. The Balaban J connectivity index is 1.95. The first-order chi connectivity index (χ1) is 12.6. The molecule has 1 amide bonds. The van der Waals surface area contributed by atoms with Crippen molar-refractivity contribution in [2.24, 2.45) is 0 Å². The highest BCUT2D eigenvalue weighted by molar-refractivity contribution is 8.27. The minimum atomic E-state index is -0.189. The SMILES string of the molecule is COc1cccc(C=C2SC(=S)N(c3ccc(OC)cc3OC)C2=O)c1. The lowest BCUT2D eigenvalue weighted by atomic mass is 10.2. The maximum Gasteiger partial charge on any atom is 0.270 e. The molecule has 2 aromatic carbocycles. The Morgan fingerprint density at radius 2 is 1.73 bits per heavy atom. The number of anilines is 1. The van der Waals surface area contributed by atoms with Gasteiger partial charge in [0.05, 0.1) is 31.9 Å². The Hall–Kier alpha value is -2.51. The molecule has 1 heterocycles. The molecule has 5 nitrogen and oxygen atoms in total. The Bertz CT molecular complexity index is 895. The highest BCUT2D eigenvalue weighted by Gasteiger charge is 2.35. The lowest BCUT2D eigenvalue weighted by Gasteiger charge is -2.18. The van der Waals surface area contributed by atoms with Crippen molar-refractivity contribution in [2.75, 3.05) is 26.2 Å². The van der Waals surface area contributed by atoms with Crippen molar-refractivity contribution < 1.29 is 19.0 Å². The quantitative estimate of drug-likeness (QED) is 0.568. The van der Waals surface area contributed by atoms with E-state index in [1.807, 2.05) is 24.3 Å². The van der Waals surface area contributed by atoms with Crippen LogP contribution in [0, 0.1) is 0 Å². The maximum atomic E-state index is 12.9. The lowest BCUT2D eigenvalue weighted by molar-refractivity contribution is -0.113. The van der Waals surface area contributed by atoms with Crippen molar-refractivity contribution >= 4 is 46.0 Å². The number of methoxy groups -OCH3 is 3. The molecule has 0 saturated carbocycles. The van der Waals surface area contributed by atoms with Crippen LogP contribution in [-0.2, 0) is 4.79 Å². The molecule has 0 spiro atoms. The predicted molar refractivity (Wildman–Crippen MR) is 108 cm³/mol. The van der Waals surface area contributed by atoms with Gasteiger partial charge in [0.1, 0.15) is 17.2 Å². The van der Waals surface area contributed by atoms with E-state index < -0.39 is 0 Å². The molecule has 0 atom stereocenters. The normalized spacial score (nSPS) is 15.5. The third-order valence-electron chi connectivity index (χ3n) is 3.81. The van der Waals surface area contributed by atoms with Gasteiger partial charge in [0.25, 0.3) is 5.91 Å². The number of ether oxygens (including phenoxy) is 3. The molecule has 2 aromatic rings. The Morgan fingerprint density at radius 3 is 2.42 bits per heavy atom.